The van der Waals surface area contributed by atoms with E-state index in [9.17, 15) is 4.79 Å². The first-order chi connectivity index (χ1) is 18.2. The topological polar surface area (TPSA) is 77.7 Å². The highest BCUT2D eigenvalue weighted by molar-refractivity contribution is 5.94. The first kappa shape index (κ1) is 24.5. The number of hydrogen-bond donors (Lipinski definition) is 0. The van der Waals surface area contributed by atoms with Crippen molar-refractivity contribution >= 4 is 23.9 Å². The van der Waals surface area contributed by atoms with E-state index >= 15 is 0 Å². The Kier molecular flexibility index (Phi) is 7.72. The zero-order valence-corrected chi connectivity index (χ0v) is 20.7. The number of pyridine rings is 1. The lowest BCUT2D eigenvalue weighted by molar-refractivity contribution is -0.125. The average molecular weight is 496 g/mol. The number of anilines is 1. The molecule has 0 radical (unpaired) electrons. The van der Waals surface area contributed by atoms with Crippen LogP contribution >= 0.6 is 0 Å². The van der Waals surface area contributed by atoms with E-state index in [2.05, 4.69) is 34.2 Å². The molecule has 0 unspecified atom stereocenters. The molecule has 5 rings (SSSR count). The molecule has 0 atom stereocenters. The number of benzene rings is 2. The Hall–Kier alpha value is -4.23. The van der Waals surface area contributed by atoms with Crippen LogP contribution in [0.3, 0.4) is 0 Å². The highest BCUT2D eigenvalue weighted by Crippen LogP contribution is 2.26. The molecule has 7 heteroatoms. The Morgan fingerprint density at radius 1 is 0.973 bits per heavy atom. The van der Waals surface area contributed by atoms with Crippen molar-refractivity contribution in [3.05, 3.63) is 96.3 Å². The fourth-order valence-electron chi connectivity index (χ4n) is 4.38. The number of methoxy groups -OCH3 is 1. The summed E-state index contributed by atoms with van der Waals surface area (Å²) in [6.45, 7) is 1.64. The highest BCUT2D eigenvalue weighted by atomic mass is 16.5. The Balaban J connectivity index is 1.39. The summed E-state index contributed by atoms with van der Waals surface area (Å²) < 4.78 is 16.0. The predicted molar refractivity (Wildman–Crippen MR) is 143 cm³/mol. The third-order valence-electron chi connectivity index (χ3n) is 6.47. The van der Waals surface area contributed by atoms with E-state index in [0.29, 0.717) is 31.5 Å². The van der Waals surface area contributed by atoms with Gasteiger partial charge in [0.25, 0.3) is 0 Å². The molecule has 1 aliphatic rings. The van der Waals surface area contributed by atoms with Crippen molar-refractivity contribution in [3.63, 3.8) is 0 Å². The second-order valence-electron chi connectivity index (χ2n) is 8.89. The lowest BCUT2D eigenvalue weighted by Crippen LogP contribution is -2.38. The molecule has 1 aliphatic heterocycles. The molecule has 188 valence electrons. The van der Waals surface area contributed by atoms with Gasteiger partial charge in [-0.3, -0.25) is 9.69 Å². The lowest BCUT2D eigenvalue weighted by Gasteiger charge is -2.29. The minimum Gasteiger partial charge on any atom is -0.497 e. The summed E-state index contributed by atoms with van der Waals surface area (Å²) in [6.07, 6.45) is 9.99. The predicted octanol–water partition coefficient (Wildman–Crippen LogP) is 5.88. The van der Waals surface area contributed by atoms with Crippen molar-refractivity contribution in [2.75, 3.05) is 25.2 Å². The summed E-state index contributed by atoms with van der Waals surface area (Å²) >= 11 is 0. The van der Waals surface area contributed by atoms with E-state index < -0.39 is 0 Å². The Bertz CT molecular complexity index is 1330. The SMILES string of the molecule is COc1ccc(-c2ccc(CN(C(=O)C3CCOCC3)c3cc(C=Cc4ncco4)ccn3)cc2)cc1. The van der Waals surface area contributed by atoms with E-state index in [4.69, 9.17) is 13.9 Å². The maximum atomic E-state index is 13.7. The zero-order chi connectivity index (χ0) is 25.5. The van der Waals surface area contributed by atoms with Crippen molar-refractivity contribution in [1.29, 1.82) is 0 Å². The number of amides is 1. The molecule has 0 bridgehead atoms. The average Bonchev–Trinajstić information content (AvgIpc) is 3.49. The normalized spacial score (nSPS) is 14.1. The van der Waals surface area contributed by atoms with Crippen molar-refractivity contribution in [2.24, 2.45) is 5.92 Å². The van der Waals surface area contributed by atoms with Gasteiger partial charge in [0.15, 0.2) is 0 Å². The molecule has 0 aliphatic carbocycles. The van der Waals surface area contributed by atoms with Gasteiger partial charge in [-0.1, -0.05) is 36.4 Å². The molecule has 1 fully saturated rings. The van der Waals surface area contributed by atoms with Crippen molar-refractivity contribution in [2.45, 2.75) is 19.4 Å². The molecule has 1 amide bonds. The van der Waals surface area contributed by atoms with Crippen LogP contribution in [0.25, 0.3) is 23.3 Å². The summed E-state index contributed by atoms with van der Waals surface area (Å²) in [7, 11) is 1.66. The maximum Gasteiger partial charge on any atom is 0.231 e. The van der Waals surface area contributed by atoms with Crippen LogP contribution in [0, 0.1) is 5.92 Å². The second kappa shape index (κ2) is 11.7. The van der Waals surface area contributed by atoms with Crippen LogP contribution in [0.1, 0.15) is 29.9 Å². The number of carbonyl (C=O) groups excluding carboxylic acids is 1. The molecule has 0 saturated carbocycles. The van der Waals surface area contributed by atoms with Crippen LogP contribution in [-0.4, -0.2) is 36.2 Å². The maximum absolute atomic E-state index is 13.7. The van der Waals surface area contributed by atoms with Gasteiger partial charge in [0.05, 0.1) is 19.9 Å². The third kappa shape index (κ3) is 6.13. The Morgan fingerprint density at radius 2 is 1.70 bits per heavy atom. The van der Waals surface area contributed by atoms with E-state index in [1.807, 2.05) is 42.5 Å². The standard InChI is InChI=1S/C30H29N3O4/c1-35-27-9-7-25(8-10-27)24-5-2-23(3-6-24)21-33(30(34)26-13-17-36-18-14-26)28-20-22(12-15-31-28)4-11-29-32-16-19-37-29/h2-12,15-16,19-20,26H,13-14,17-18,21H2,1H3. The van der Waals surface area contributed by atoms with Crippen molar-refractivity contribution < 1.29 is 18.7 Å². The van der Waals surface area contributed by atoms with Gasteiger partial charge >= 0.3 is 0 Å². The van der Waals surface area contributed by atoms with Crippen LogP contribution < -0.4 is 9.64 Å². The van der Waals surface area contributed by atoms with Crippen LogP contribution in [0.15, 0.2) is 83.7 Å². The van der Waals surface area contributed by atoms with E-state index in [1.54, 1.807) is 30.5 Å². The van der Waals surface area contributed by atoms with Gasteiger partial charge in [-0.15, -0.1) is 0 Å². The van der Waals surface area contributed by atoms with Gasteiger partial charge in [0.2, 0.25) is 11.8 Å². The quantitative estimate of drug-likeness (QED) is 0.304. The molecule has 7 nitrogen and oxygen atoms in total. The van der Waals surface area contributed by atoms with E-state index in [-0.39, 0.29) is 11.8 Å². The Labute approximate surface area is 216 Å². The van der Waals surface area contributed by atoms with Crippen molar-refractivity contribution in [3.8, 4) is 16.9 Å². The van der Waals surface area contributed by atoms with Crippen LogP contribution in [0.4, 0.5) is 5.82 Å². The summed E-state index contributed by atoms with van der Waals surface area (Å²) in [5.41, 5.74) is 4.14. The molecule has 2 aromatic heterocycles. The number of carbonyl (C=O) groups is 1. The van der Waals surface area contributed by atoms with E-state index in [1.165, 1.54) is 6.26 Å². The van der Waals surface area contributed by atoms with Gasteiger partial charge in [-0.25, -0.2) is 9.97 Å². The van der Waals surface area contributed by atoms with Crippen LogP contribution in [0.2, 0.25) is 0 Å². The van der Waals surface area contributed by atoms with Gasteiger partial charge in [0.1, 0.15) is 17.8 Å². The molecule has 1 saturated heterocycles. The summed E-state index contributed by atoms with van der Waals surface area (Å²) in [5.74, 6) is 1.95. The fourth-order valence-corrected chi connectivity index (χ4v) is 4.38. The monoisotopic (exact) mass is 495 g/mol. The number of aromatic nitrogens is 2. The molecule has 37 heavy (non-hydrogen) atoms. The molecule has 0 spiro atoms. The smallest absolute Gasteiger partial charge is 0.231 e. The number of hydrogen-bond acceptors (Lipinski definition) is 6. The fraction of sp³-hybridized carbons (Fsp3) is 0.233. The number of nitrogens with zero attached hydrogens (tertiary/aromatic N) is 3. The minimum absolute atomic E-state index is 0.0730. The minimum atomic E-state index is -0.0827. The van der Waals surface area contributed by atoms with Crippen LogP contribution in [0.5, 0.6) is 5.75 Å². The number of ether oxygens (including phenoxy) is 2. The second-order valence-corrected chi connectivity index (χ2v) is 8.89. The lowest BCUT2D eigenvalue weighted by atomic mass is 9.98. The Morgan fingerprint density at radius 3 is 2.38 bits per heavy atom. The molecular formula is C30H29N3O4. The molecular weight excluding hydrogens is 466 g/mol. The van der Waals surface area contributed by atoms with Gasteiger partial charge in [-0.05, 0) is 65.4 Å². The largest absolute Gasteiger partial charge is 0.497 e. The summed E-state index contributed by atoms with van der Waals surface area (Å²) in [4.78, 5) is 24.2. The molecule has 3 heterocycles. The molecule has 0 N–H and O–H groups in total. The van der Waals surface area contributed by atoms with Gasteiger partial charge < -0.3 is 13.9 Å². The molecule has 2 aromatic carbocycles. The van der Waals surface area contributed by atoms with E-state index in [0.717, 1.165) is 40.8 Å². The summed E-state index contributed by atoms with van der Waals surface area (Å²) in [6, 6.07) is 20.1. The number of rotatable bonds is 8. The first-order valence-electron chi connectivity index (χ1n) is 12.4. The summed E-state index contributed by atoms with van der Waals surface area (Å²) in [5, 5.41) is 0. The first-order valence-corrected chi connectivity index (χ1v) is 12.4. The zero-order valence-electron chi connectivity index (χ0n) is 20.7. The highest BCUT2D eigenvalue weighted by Gasteiger charge is 2.28. The van der Waals surface area contributed by atoms with Gasteiger partial charge in [0, 0.05) is 31.4 Å². The number of oxazole rings is 1. The van der Waals surface area contributed by atoms with Crippen LogP contribution in [-0.2, 0) is 16.1 Å². The van der Waals surface area contributed by atoms with Gasteiger partial charge in [-0.2, -0.15) is 0 Å². The molecule has 4 aromatic rings. The van der Waals surface area contributed by atoms with Crippen molar-refractivity contribution in [1.82, 2.24) is 9.97 Å². The third-order valence-corrected chi connectivity index (χ3v) is 6.47.